The van der Waals surface area contributed by atoms with E-state index in [-0.39, 0.29) is 35.3 Å². The van der Waals surface area contributed by atoms with Crippen molar-refractivity contribution in [3.05, 3.63) is 15.8 Å². The summed E-state index contributed by atoms with van der Waals surface area (Å²) < 4.78 is 5.45. The van der Waals surface area contributed by atoms with Crippen molar-refractivity contribution >= 4 is 17.5 Å². The second-order valence-corrected chi connectivity index (χ2v) is 4.62. The van der Waals surface area contributed by atoms with Gasteiger partial charge in [0, 0.05) is 12.6 Å². The minimum Gasteiger partial charge on any atom is -0.378 e. The van der Waals surface area contributed by atoms with Gasteiger partial charge in [0.25, 0.3) is 0 Å². The minimum absolute atomic E-state index is 0.116. The van der Waals surface area contributed by atoms with Gasteiger partial charge in [0.15, 0.2) is 0 Å². The molecular weight excluding hydrogens is 264 g/mol. The highest BCUT2D eigenvalue weighted by atomic mass is 16.6. The standard InChI is InChI=1S/C11H18N6O3/c1-3-20-8-4-7(5-8)14-10-9(17(18)19)6(2)13-11(15-10)16-12/h7-8H,3-5,12H2,1-2H3,(H2,13,14,15,16). The van der Waals surface area contributed by atoms with E-state index in [4.69, 9.17) is 10.6 Å². The van der Waals surface area contributed by atoms with Crippen LogP contribution in [-0.2, 0) is 4.74 Å². The number of nitrogens with zero attached hydrogens (tertiary/aromatic N) is 3. The van der Waals surface area contributed by atoms with Crippen LogP contribution in [0.3, 0.4) is 0 Å². The van der Waals surface area contributed by atoms with Crippen LogP contribution >= 0.6 is 0 Å². The predicted octanol–water partition coefficient (Wildman–Crippen LogP) is 0.958. The molecule has 1 aromatic rings. The van der Waals surface area contributed by atoms with Crippen LogP contribution in [0.1, 0.15) is 25.5 Å². The lowest BCUT2D eigenvalue weighted by Gasteiger charge is -2.35. The summed E-state index contributed by atoms with van der Waals surface area (Å²) in [5.74, 6) is 5.60. The van der Waals surface area contributed by atoms with Crippen molar-refractivity contribution in [2.45, 2.75) is 38.8 Å². The number of nitrogens with two attached hydrogens (primary N) is 1. The first kappa shape index (κ1) is 14.4. The third kappa shape index (κ3) is 2.94. The number of anilines is 2. The fourth-order valence-corrected chi connectivity index (χ4v) is 2.20. The fraction of sp³-hybridized carbons (Fsp3) is 0.636. The normalized spacial score (nSPS) is 21.1. The number of rotatable bonds is 6. The average Bonchev–Trinajstić information content (AvgIpc) is 2.35. The molecule has 1 saturated carbocycles. The number of aromatic nitrogens is 2. The molecule has 9 nitrogen and oxygen atoms in total. The highest BCUT2D eigenvalue weighted by molar-refractivity contribution is 5.61. The highest BCUT2D eigenvalue weighted by Gasteiger charge is 2.32. The molecule has 1 aromatic heterocycles. The van der Waals surface area contributed by atoms with Gasteiger partial charge in [-0.1, -0.05) is 0 Å². The monoisotopic (exact) mass is 282 g/mol. The molecule has 1 heterocycles. The van der Waals surface area contributed by atoms with E-state index < -0.39 is 4.92 Å². The number of ether oxygens (including phenoxy) is 1. The van der Waals surface area contributed by atoms with Crippen LogP contribution in [0.4, 0.5) is 17.5 Å². The van der Waals surface area contributed by atoms with Crippen molar-refractivity contribution in [1.82, 2.24) is 9.97 Å². The van der Waals surface area contributed by atoms with E-state index in [9.17, 15) is 10.1 Å². The molecule has 0 radical (unpaired) electrons. The summed E-state index contributed by atoms with van der Waals surface area (Å²) in [6.07, 6.45) is 1.82. The van der Waals surface area contributed by atoms with Gasteiger partial charge < -0.3 is 10.1 Å². The molecule has 1 aliphatic carbocycles. The Labute approximate surface area is 116 Å². The Morgan fingerprint density at radius 2 is 2.20 bits per heavy atom. The van der Waals surface area contributed by atoms with E-state index in [0.717, 1.165) is 12.8 Å². The fourth-order valence-electron chi connectivity index (χ4n) is 2.20. The van der Waals surface area contributed by atoms with Crippen LogP contribution in [0.2, 0.25) is 0 Å². The quantitative estimate of drug-likeness (QED) is 0.400. The van der Waals surface area contributed by atoms with Crippen LogP contribution in [0.25, 0.3) is 0 Å². The number of hydrogen-bond donors (Lipinski definition) is 3. The van der Waals surface area contributed by atoms with E-state index in [0.29, 0.717) is 6.61 Å². The van der Waals surface area contributed by atoms with Gasteiger partial charge in [0.2, 0.25) is 11.8 Å². The molecule has 1 aliphatic rings. The maximum atomic E-state index is 11.1. The van der Waals surface area contributed by atoms with Crippen molar-refractivity contribution in [1.29, 1.82) is 0 Å². The summed E-state index contributed by atoms with van der Waals surface area (Å²) in [7, 11) is 0. The number of hydrazine groups is 1. The summed E-state index contributed by atoms with van der Waals surface area (Å²) in [6, 6.07) is 0.116. The van der Waals surface area contributed by atoms with Gasteiger partial charge in [0.05, 0.1) is 11.0 Å². The van der Waals surface area contributed by atoms with Crippen molar-refractivity contribution in [3.8, 4) is 0 Å². The molecule has 0 spiro atoms. The van der Waals surface area contributed by atoms with Gasteiger partial charge in [-0.2, -0.15) is 4.98 Å². The highest BCUT2D eigenvalue weighted by Crippen LogP contribution is 2.31. The second kappa shape index (κ2) is 5.97. The third-order valence-corrected chi connectivity index (χ3v) is 3.21. The second-order valence-electron chi connectivity index (χ2n) is 4.62. The first-order valence-corrected chi connectivity index (χ1v) is 6.43. The minimum atomic E-state index is -0.489. The van der Waals surface area contributed by atoms with Gasteiger partial charge in [0.1, 0.15) is 5.69 Å². The number of nitro groups is 1. The molecule has 0 unspecified atom stereocenters. The van der Waals surface area contributed by atoms with Gasteiger partial charge in [-0.05, 0) is 26.7 Å². The summed E-state index contributed by atoms with van der Waals surface area (Å²) in [4.78, 5) is 18.6. The van der Waals surface area contributed by atoms with Crippen molar-refractivity contribution in [3.63, 3.8) is 0 Å². The van der Waals surface area contributed by atoms with Crippen molar-refractivity contribution in [2.75, 3.05) is 17.3 Å². The lowest BCUT2D eigenvalue weighted by molar-refractivity contribution is -0.385. The Balaban J connectivity index is 2.14. The largest absolute Gasteiger partial charge is 0.378 e. The zero-order valence-electron chi connectivity index (χ0n) is 11.4. The van der Waals surface area contributed by atoms with Crippen LogP contribution in [0.5, 0.6) is 0 Å². The Morgan fingerprint density at radius 3 is 2.75 bits per heavy atom. The molecule has 9 heteroatoms. The van der Waals surface area contributed by atoms with Crippen LogP contribution in [-0.4, -0.2) is 33.6 Å². The van der Waals surface area contributed by atoms with Crippen molar-refractivity contribution in [2.24, 2.45) is 5.84 Å². The molecule has 110 valence electrons. The maximum Gasteiger partial charge on any atom is 0.332 e. The SMILES string of the molecule is CCOC1CC(Nc2nc(NN)nc(C)c2[N+](=O)[O-])C1. The van der Waals surface area contributed by atoms with E-state index in [2.05, 4.69) is 20.7 Å². The molecule has 4 N–H and O–H groups in total. The topological polar surface area (TPSA) is 128 Å². The van der Waals surface area contributed by atoms with Crippen LogP contribution in [0, 0.1) is 17.0 Å². The molecular formula is C11H18N6O3. The van der Waals surface area contributed by atoms with Crippen LogP contribution < -0.4 is 16.6 Å². The summed E-state index contributed by atoms with van der Waals surface area (Å²) in [5.41, 5.74) is 2.45. The zero-order chi connectivity index (χ0) is 14.7. The molecule has 0 bridgehead atoms. The molecule has 0 amide bonds. The molecule has 0 aliphatic heterocycles. The predicted molar refractivity (Wildman–Crippen MR) is 73.3 cm³/mol. The number of nitrogens with one attached hydrogen (secondary N) is 2. The molecule has 0 aromatic carbocycles. The first-order valence-electron chi connectivity index (χ1n) is 6.43. The number of aryl methyl sites for hydroxylation is 1. The maximum absolute atomic E-state index is 11.1. The van der Waals surface area contributed by atoms with E-state index in [1.165, 1.54) is 0 Å². The Kier molecular flexibility index (Phi) is 4.30. The summed E-state index contributed by atoms with van der Waals surface area (Å²) in [5, 5.41) is 14.2. The smallest absolute Gasteiger partial charge is 0.332 e. The number of nitrogen functional groups attached to an aromatic ring is 1. The average molecular weight is 282 g/mol. The molecule has 0 atom stereocenters. The lowest BCUT2D eigenvalue weighted by atomic mass is 9.89. The van der Waals surface area contributed by atoms with Crippen LogP contribution in [0.15, 0.2) is 0 Å². The summed E-state index contributed by atoms with van der Waals surface area (Å²) in [6.45, 7) is 4.17. The molecule has 20 heavy (non-hydrogen) atoms. The third-order valence-electron chi connectivity index (χ3n) is 3.21. The molecule has 1 fully saturated rings. The van der Waals surface area contributed by atoms with Gasteiger partial charge in [-0.25, -0.2) is 10.8 Å². The summed E-state index contributed by atoms with van der Waals surface area (Å²) >= 11 is 0. The molecule has 0 saturated heterocycles. The molecule has 2 rings (SSSR count). The van der Waals surface area contributed by atoms with E-state index >= 15 is 0 Å². The Bertz CT molecular complexity index is 503. The lowest BCUT2D eigenvalue weighted by Crippen LogP contribution is -2.41. The Hall–Kier alpha value is -2.00. The van der Waals surface area contributed by atoms with Gasteiger partial charge in [-0.3, -0.25) is 15.5 Å². The van der Waals surface area contributed by atoms with Gasteiger partial charge >= 0.3 is 5.69 Å². The van der Waals surface area contributed by atoms with Crippen molar-refractivity contribution < 1.29 is 9.66 Å². The van der Waals surface area contributed by atoms with E-state index in [1.807, 2.05) is 6.92 Å². The number of hydrogen-bond acceptors (Lipinski definition) is 8. The first-order chi connectivity index (χ1) is 9.55. The zero-order valence-corrected chi connectivity index (χ0v) is 11.4. The van der Waals surface area contributed by atoms with E-state index in [1.54, 1.807) is 6.92 Å². The Morgan fingerprint density at radius 1 is 1.50 bits per heavy atom. The van der Waals surface area contributed by atoms with Gasteiger partial charge in [-0.15, -0.1) is 0 Å².